The van der Waals surface area contributed by atoms with E-state index < -0.39 is 17.5 Å². The van der Waals surface area contributed by atoms with Gasteiger partial charge in [0.25, 0.3) is 5.91 Å². The first-order valence-electron chi connectivity index (χ1n) is 5.48. The molecular formula is C10H15N3O3. The number of urea groups is 1. The van der Waals surface area contributed by atoms with E-state index in [1.807, 2.05) is 0 Å². The lowest BCUT2D eigenvalue weighted by Gasteiger charge is -2.37. The van der Waals surface area contributed by atoms with E-state index in [2.05, 4.69) is 5.32 Å². The Labute approximate surface area is 93.1 Å². The van der Waals surface area contributed by atoms with Crippen molar-refractivity contribution in [2.45, 2.75) is 37.6 Å². The smallest absolute Gasteiger partial charge is 0.325 e. The first kappa shape index (κ1) is 10.9. The molecule has 4 amide bonds. The van der Waals surface area contributed by atoms with Crippen molar-refractivity contribution in [2.24, 2.45) is 5.73 Å². The van der Waals surface area contributed by atoms with Crippen LogP contribution in [0.1, 0.15) is 32.1 Å². The molecule has 88 valence electrons. The minimum atomic E-state index is -0.815. The highest BCUT2D eigenvalue weighted by atomic mass is 16.2. The molecule has 1 heterocycles. The van der Waals surface area contributed by atoms with Gasteiger partial charge in [0.05, 0.1) is 0 Å². The monoisotopic (exact) mass is 225 g/mol. The SMILES string of the molecule is NC(=O)CN1C(=O)NC(=O)C12CCCCC2. The van der Waals surface area contributed by atoms with Gasteiger partial charge in [-0.05, 0) is 12.8 Å². The van der Waals surface area contributed by atoms with Crippen molar-refractivity contribution in [1.29, 1.82) is 0 Å². The van der Waals surface area contributed by atoms with E-state index in [9.17, 15) is 14.4 Å². The molecule has 1 saturated heterocycles. The molecule has 3 N–H and O–H groups in total. The summed E-state index contributed by atoms with van der Waals surface area (Å²) in [5, 5.41) is 2.27. The van der Waals surface area contributed by atoms with E-state index in [1.54, 1.807) is 0 Å². The molecular weight excluding hydrogens is 210 g/mol. The van der Waals surface area contributed by atoms with E-state index in [0.29, 0.717) is 12.8 Å². The number of amides is 4. The lowest BCUT2D eigenvalue weighted by molar-refractivity contribution is -0.129. The standard InChI is InChI=1S/C10H15N3O3/c11-7(14)6-13-9(16)12-8(15)10(13)4-2-1-3-5-10/h1-6H2,(H2,11,14)(H,12,15,16). The number of primary amides is 1. The van der Waals surface area contributed by atoms with Crippen LogP contribution >= 0.6 is 0 Å². The van der Waals surface area contributed by atoms with Gasteiger partial charge in [0, 0.05) is 0 Å². The van der Waals surface area contributed by atoms with Crippen LogP contribution in [-0.2, 0) is 9.59 Å². The van der Waals surface area contributed by atoms with Gasteiger partial charge in [-0.25, -0.2) is 4.79 Å². The number of imide groups is 1. The van der Waals surface area contributed by atoms with Gasteiger partial charge >= 0.3 is 6.03 Å². The average Bonchev–Trinajstić information content (AvgIpc) is 2.44. The van der Waals surface area contributed by atoms with Crippen LogP contribution in [0.3, 0.4) is 0 Å². The van der Waals surface area contributed by atoms with E-state index in [4.69, 9.17) is 5.73 Å². The summed E-state index contributed by atoms with van der Waals surface area (Å²) in [7, 11) is 0. The molecule has 2 rings (SSSR count). The third kappa shape index (κ3) is 1.54. The number of hydrogen-bond acceptors (Lipinski definition) is 3. The van der Waals surface area contributed by atoms with E-state index >= 15 is 0 Å². The Kier molecular flexibility index (Phi) is 2.57. The minimum absolute atomic E-state index is 0.183. The van der Waals surface area contributed by atoms with Crippen LogP contribution in [0.25, 0.3) is 0 Å². The van der Waals surface area contributed by atoms with E-state index in [-0.39, 0.29) is 12.5 Å². The summed E-state index contributed by atoms with van der Waals surface area (Å²) in [5.41, 5.74) is 4.28. The molecule has 2 aliphatic rings. The summed E-state index contributed by atoms with van der Waals surface area (Å²) in [5.74, 6) is -0.867. The molecule has 1 aliphatic carbocycles. The van der Waals surface area contributed by atoms with Gasteiger partial charge in [0.1, 0.15) is 12.1 Å². The zero-order chi connectivity index (χ0) is 11.8. The quantitative estimate of drug-likeness (QED) is 0.633. The Bertz CT molecular complexity index is 347. The summed E-state index contributed by atoms with van der Waals surface area (Å²) >= 11 is 0. The number of hydrogen-bond donors (Lipinski definition) is 2. The molecule has 0 aromatic heterocycles. The third-order valence-corrected chi connectivity index (χ3v) is 3.40. The molecule has 2 fully saturated rings. The second kappa shape index (κ2) is 3.77. The highest BCUT2D eigenvalue weighted by Gasteiger charge is 2.53. The first-order chi connectivity index (χ1) is 7.56. The Morgan fingerprint density at radius 2 is 1.94 bits per heavy atom. The van der Waals surface area contributed by atoms with Crippen LogP contribution in [0.2, 0.25) is 0 Å². The molecule has 0 radical (unpaired) electrons. The number of carbonyl (C=O) groups excluding carboxylic acids is 3. The van der Waals surface area contributed by atoms with Crippen LogP contribution in [0.15, 0.2) is 0 Å². The van der Waals surface area contributed by atoms with Crippen molar-refractivity contribution in [2.75, 3.05) is 6.54 Å². The molecule has 1 spiro atoms. The maximum Gasteiger partial charge on any atom is 0.325 e. The van der Waals surface area contributed by atoms with E-state index in [0.717, 1.165) is 19.3 Å². The van der Waals surface area contributed by atoms with Crippen molar-refractivity contribution in [3.63, 3.8) is 0 Å². The van der Waals surface area contributed by atoms with Gasteiger partial charge in [0.15, 0.2) is 0 Å². The summed E-state index contributed by atoms with van der Waals surface area (Å²) in [6.07, 6.45) is 4.11. The summed E-state index contributed by atoms with van der Waals surface area (Å²) in [6.45, 7) is -0.183. The fraction of sp³-hybridized carbons (Fsp3) is 0.700. The van der Waals surface area contributed by atoms with Crippen LogP contribution in [0.5, 0.6) is 0 Å². The van der Waals surface area contributed by atoms with Gasteiger partial charge < -0.3 is 10.6 Å². The van der Waals surface area contributed by atoms with Crippen molar-refractivity contribution >= 4 is 17.8 Å². The second-order valence-electron chi connectivity index (χ2n) is 4.40. The van der Waals surface area contributed by atoms with Crippen molar-refractivity contribution in [3.05, 3.63) is 0 Å². The predicted molar refractivity (Wildman–Crippen MR) is 55.3 cm³/mol. The predicted octanol–water partition coefficient (Wildman–Crippen LogP) is -0.274. The molecule has 6 heteroatoms. The van der Waals surface area contributed by atoms with Crippen LogP contribution < -0.4 is 11.1 Å². The van der Waals surface area contributed by atoms with Crippen LogP contribution in [0, 0.1) is 0 Å². The van der Waals surface area contributed by atoms with Gasteiger partial charge in [-0.2, -0.15) is 0 Å². The highest BCUT2D eigenvalue weighted by molar-refractivity contribution is 6.08. The van der Waals surface area contributed by atoms with Gasteiger partial charge in [-0.1, -0.05) is 19.3 Å². The summed E-state index contributed by atoms with van der Waals surface area (Å²) in [6, 6.07) is -0.495. The molecule has 0 aromatic rings. The molecule has 0 bridgehead atoms. The maximum absolute atomic E-state index is 11.8. The van der Waals surface area contributed by atoms with E-state index in [1.165, 1.54) is 4.90 Å². The molecule has 16 heavy (non-hydrogen) atoms. The molecule has 0 aromatic carbocycles. The topological polar surface area (TPSA) is 92.5 Å². The summed E-state index contributed by atoms with van der Waals surface area (Å²) in [4.78, 5) is 35.6. The molecule has 0 atom stereocenters. The Morgan fingerprint density at radius 1 is 1.31 bits per heavy atom. The molecule has 1 saturated carbocycles. The summed E-state index contributed by atoms with van der Waals surface area (Å²) < 4.78 is 0. The zero-order valence-corrected chi connectivity index (χ0v) is 8.99. The van der Waals surface area contributed by atoms with Crippen molar-refractivity contribution in [3.8, 4) is 0 Å². The molecule has 6 nitrogen and oxygen atoms in total. The number of nitrogens with zero attached hydrogens (tertiary/aromatic N) is 1. The number of rotatable bonds is 2. The Balaban J connectivity index is 2.27. The van der Waals surface area contributed by atoms with Gasteiger partial charge in [-0.3, -0.25) is 14.9 Å². The zero-order valence-electron chi connectivity index (χ0n) is 8.99. The van der Waals surface area contributed by atoms with Crippen molar-refractivity contribution in [1.82, 2.24) is 10.2 Å². The fourth-order valence-corrected chi connectivity index (χ4v) is 2.61. The lowest BCUT2D eigenvalue weighted by atomic mass is 9.80. The Morgan fingerprint density at radius 3 is 2.50 bits per heavy atom. The Hall–Kier alpha value is -1.59. The van der Waals surface area contributed by atoms with Gasteiger partial charge in [-0.15, -0.1) is 0 Å². The van der Waals surface area contributed by atoms with Crippen LogP contribution in [0.4, 0.5) is 4.79 Å². The highest BCUT2D eigenvalue weighted by Crippen LogP contribution is 2.36. The molecule has 0 unspecified atom stereocenters. The molecule has 1 aliphatic heterocycles. The largest absolute Gasteiger partial charge is 0.368 e. The normalized spacial score (nSPS) is 23.6. The fourth-order valence-electron chi connectivity index (χ4n) is 2.61. The average molecular weight is 225 g/mol. The first-order valence-corrected chi connectivity index (χ1v) is 5.48. The number of nitrogens with two attached hydrogens (primary N) is 1. The lowest BCUT2D eigenvalue weighted by Crippen LogP contribution is -2.53. The second-order valence-corrected chi connectivity index (χ2v) is 4.40. The third-order valence-electron chi connectivity index (χ3n) is 3.40. The van der Waals surface area contributed by atoms with Gasteiger partial charge in [0.2, 0.25) is 5.91 Å². The number of carbonyl (C=O) groups is 3. The maximum atomic E-state index is 11.8. The minimum Gasteiger partial charge on any atom is -0.368 e. The number of nitrogens with one attached hydrogen (secondary N) is 1. The van der Waals surface area contributed by atoms with Crippen LogP contribution in [-0.4, -0.2) is 34.8 Å². The van der Waals surface area contributed by atoms with Crippen molar-refractivity contribution < 1.29 is 14.4 Å².